The van der Waals surface area contributed by atoms with Gasteiger partial charge in [0.25, 0.3) is 0 Å². The molecule has 2 aromatic heterocycles. The lowest BCUT2D eigenvalue weighted by Crippen LogP contribution is -2.30. The average Bonchev–Trinajstić information content (AvgIpc) is 3.25. The van der Waals surface area contributed by atoms with Gasteiger partial charge in [-0.15, -0.1) is 5.10 Å². The first kappa shape index (κ1) is 16.6. The molecule has 25 heavy (non-hydrogen) atoms. The Kier molecular flexibility index (Phi) is 5.35. The van der Waals surface area contributed by atoms with E-state index in [1.165, 1.54) is 0 Å². The summed E-state index contributed by atoms with van der Waals surface area (Å²) >= 11 is 0. The van der Waals surface area contributed by atoms with Crippen molar-refractivity contribution in [3.63, 3.8) is 0 Å². The van der Waals surface area contributed by atoms with E-state index in [1.807, 2.05) is 37.3 Å². The molecule has 0 bridgehead atoms. The molecule has 2 amide bonds. The first-order valence-corrected chi connectivity index (χ1v) is 8.03. The molecule has 0 unspecified atom stereocenters. The van der Waals surface area contributed by atoms with Gasteiger partial charge in [-0.25, -0.2) is 4.79 Å². The van der Waals surface area contributed by atoms with Gasteiger partial charge in [-0.1, -0.05) is 40.7 Å². The van der Waals surface area contributed by atoms with Crippen LogP contribution in [0.5, 0.6) is 0 Å². The highest BCUT2D eigenvalue weighted by molar-refractivity contribution is 5.87. The number of aromatic nitrogens is 5. The van der Waals surface area contributed by atoms with Gasteiger partial charge in [0.15, 0.2) is 11.6 Å². The van der Waals surface area contributed by atoms with E-state index in [0.29, 0.717) is 43.5 Å². The van der Waals surface area contributed by atoms with Crippen molar-refractivity contribution in [2.45, 2.75) is 26.3 Å². The van der Waals surface area contributed by atoms with E-state index >= 15 is 0 Å². The number of nitrogens with one attached hydrogen (secondary N) is 2. The van der Waals surface area contributed by atoms with Crippen LogP contribution in [0.3, 0.4) is 0 Å². The van der Waals surface area contributed by atoms with Gasteiger partial charge in [0.2, 0.25) is 5.89 Å². The number of rotatable bonds is 7. The third-order valence-corrected chi connectivity index (χ3v) is 3.44. The van der Waals surface area contributed by atoms with Gasteiger partial charge >= 0.3 is 6.03 Å². The quantitative estimate of drug-likeness (QED) is 0.676. The Balaban J connectivity index is 1.42. The molecule has 3 aromatic rings. The molecule has 0 aliphatic heterocycles. The zero-order chi connectivity index (χ0) is 17.5. The summed E-state index contributed by atoms with van der Waals surface area (Å²) in [4.78, 5) is 16.1. The SMILES string of the molecule is CCn1cc(NC(=O)NCCc2nc(Cc3ccccc3)no2)nn1. The summed E-state index contributed by atoms with van der Waals surface area (Å²) < 4.78 is 6.82. The lowest BCUT2D eigenvalue weighted by atomic mass is 10.1. The third kappa shape index (κ3) is 4.87. The van der Waals surface area contributed by atoms with Crippen LogP contribution < -0.4 is 10.6 Å². The van der Waals surface area contributed by atoms with E-state index < -0.39 is 0 Å². The molecule has 0 saturated heterocycles. The summed E-state index contributed by atoms with van der Waals surface area (Å²) in [6.45, 7) is 3.01. The summed E-state index contributed by atoms with van der Waals surface area (Å²) in [5.74, 6) is 1.52. The van der Waals surface area contributed by atoms with Crippen LogP contribution in [0.25, 0.3) is 0 Å². The molecule has 0 fully saturated rings. The summed E-state index contributed by atoms with van der Waals surface area (Å²) in [5, 5.41) is 17.0. The Labute approximate surface area is 144 Å². The van der Waals surface area contributed by atoms with E-state index in [4.69, 9.17) is 4.52 Å². The highest BCUT2D eigenvalue weighted by atomic mass is 16.5. The van der Waals surface area contributed by atoms with Crippen molar-refractivity contribution in [1.29, 1.82) is 0 Å². The molecular weight excluding hydrogens is 322 g/mol. The van der Waals surface area contributed by atoms with E-state index in [2.05, 4.69) is 31.1 Å². The minimum absolute atomic E-state index is 0.354. The van der Waals surface area contributed by atoms with Crippen molar-refractivity contribution in [3.05, 3.63) is 53.8 Å². The lowest BCUT2D eigenvalue weighted by molar-refractivity contribution is 0.251. The van der Waals surface area contributed by atoms with Crippen molar-refractivity contribution in [3.8, 4) is 0 Å². The molecule has 3 rings (SSSR count). The smallest absolute Gasteiger partial charge is 0.320 e. The number of hydrogen-bond acceptors (Lipinski definition) is 6. The minimum atomic E-state index is -0.354. The van der Waals surface area contributed by atoms with Gasteiger partial charge in [-0.05, 0) is 12.5 Å². The monoisotopic (exact) mass is 341 g/mol. The number of carbonyl (C=O) groups is 1. The van der Waals surface area contributed by atoms with Gasteiger partial charge in [-0.3, -0.25) is 10.00 Å². The second-order valence-electron chi connectivity index (χ2n) is 5.36. The molecule has 130 valence electrons. The number of aryl methyl sites for hydroxylation is 1. The average molecular weight is 341 g/mol. The van der Waals surface area contributed by atoms with Crippen LogP contribution in [0.4, 0.5) is 10.6 Å². The zero-order valence-corrected chi connectivity index (χ0v) is 13.8. The number of carbonyl (C=O) groups excluding carboxylic acids is 1. The van der Waals surface area contributed by atoms with Crippen LogP contribution in [-0.4, -0.2) is 37.7 Å². The maximum atomic E-state index is 11.8. The molecule has 0 spiro atoms. The summed E-state index contributed by atoms with van der Waals surface area (Å²) in [6.07, 6.45) is 2.73. The molecule has 1 aromatic carbocycles. The van der Waals surface area contributed by atoms with E-state index in [1.54, 1.807) is 10.9 Å². The van der Waals surface area contributed by atoms with E-state index in [-0.39, 0.29) is 6.03 Å². The van der Waals surface area contributed by atoms with E-state index in [9.17, 15) is 4.79 Å². The molecular formula is C16H19N7O2. The summed E-state index contributed by atoms with van der Waals surface area (Å²) in [6, 6.07) is 9.57. The maximum absolute atomic E-state index is 11.8. The Morgan fingerprint density at radius 3 is 2.88 bits per heavy atom. The molecule has 0 saturated carbocycles. The van der Waals surface area contributed by atoms with Crippen LogP contribution in [-0.2, 0) is 19.4 Å². The molecule has 0 aliphatic rings. The third-order valence-electron chi connectivity index (χ3n) is 3.44. The normalized spacial score (nSPS) is 10.6. The fourth-order valence-corrected chi connectivity index (χ4v) is 2.20. The van der Waals surface area contributed by atoms with Crippen LogP contribution in [0, 0.1) is 0 Å². The highest BCUT2D eigenvalue weighted by Crippen LogP contribution is 2.06. The largest absolute Gasteiger partial charge is 0.339 e. The number of hydrogen-bond donors (Lipinski definition) is 2. The van der Waals surface area contributed by atoms with Gasteiger partial charge in [0, 0.05) is 25.9 Å². The number of nitrogens with zero attached hydrogens (tertiary/aromatic N) is 5. The maximum Gasteiger partial charge on any atom is 0.320 e. The van der Waals surface area contributed by atoms with E-state index in [0.717, 1.165) is 5.56 Å². The number of anilines is 1. The fraction of sp³-hybridized carbons (Fsp3) is 0.312. The Morgan fingerprint density at radius 1 is 1.28 bits per heavy atom. The molecule has 0 aliphatic carbocycles. The Morgan fingerprint density at radius 2 is 2.12 bits per heavy atom. The summed E-state index contributed by atoms with van der Waals surface area (Å²) in [5.41, 5.74) is 1.12. The number of benzene rings is 1. The lowest BCUT2D eigenvalue weighted by Gasteiger charge is -2.02. The van der Waals surface area contributed by atoms with Gasteiger partial charge < -0.3 is 9.84 Å². The number of amides is 2. The second-order valence-corrected chi connectivity index (χ2v) is 5.36. The molecule has 2 heterocycles. The van der Waals surface area contributed by atoms with Gasteiger partial charge in [-0.2, -0.15) is 4.98 Å². The van der Waals surface area contributed by atoms with Crippen LogP contribution in [0.2, 0.25) is 0 Å². The van der Waals surface area contributed by atoms with Crippen molar-refractivity contribution in [1.82, 2.24) is 30.5 Å². The van der Waals surface area contributed by atoms with Crippen molar-refractivity contribution in [2.75, 3.05) is 11.9 Å². The summed E-state index contributed by atoms with van der Waals surface area (Å²) in [7, 11) is 0. The standard InChI is InChI=1S/C16H19N7O2/c1-2-23-11-14(20-22-23)19-16(24)17-9-8-15-18-13(21-25-15)10-12-6-4-3-5-7-12/h3-7,11H,2,8-10H2,1H3,(H2,17,19,24). The second kappa shape index (κ2) is 8.04. The predicted octanol–water partition coefficient (Wildman–Crippen LogP) is 1.64. The van der Waals surface area contributed by atoms with Crippen molar-refractivity contribution < 1.29 is 9.32 Å². The molecule has 2 N–H and O–H groups in total. The van der Waals surface area contributed by atoms with Crippen LogP contribution in [0.15, 0.2) is 41.1 Å². The Bertz CT molecular complexity index is 813. The molecule has 0 atom stereocenters. The number of urea groups is 1. The van der Waals surface area contributed by atoms with Gasteiger partial charge in [0.05, 0.1) is 6.20 Å². The Hall–Kier alpha value is -3.23. The van der Waals surface area contributed by atoms with Crippen LogP contribution >= 0.6 is 0 Å². The van der Waals surface area contributed by atoms with Crippen molar-refractivity contribution in [2.24, 2.45) is 0 Å². The first-order valence-electron chi connectivity index (χ1n) is 8.03. The predicted molar refractivity (Wildman–Crippen MR) is 90.0 cm³/mol. The highest BCUT2D eigenvalue weighted by Gasteiger charge is 2.09. The molecule has 9 nitrogen and oxygen atoms in total. The topological polar surface area (TPSA) is 111 Å². The fourth-order valence-electron chi connectivity index (χ4n) is 2.20. The van der Waals surface area contributed by atoms with Gasteiger partial charge in [0.1, 0.15) is 0 Å². The molecule has 9 heteroatoms. The first-order chi connectivity index (χ1) is 12.2. The molecule has 0 radical (unpaired) electrons. The zero-order valence-electron chi connectivity index (χ0n) is 13.8. The van der Waals surface area contributed by atoms with Crippen LogP contribution in [0.1, 0.15) is 24.2 Å². The van der Waals surface area contributed by atoms with Crippen molar-refractivity contribution >= 4 is 11.8 Å². The minimum Gasteiger partial charge on any atom is -0.339 e.